The third-order valence-electron chi connectivity index (χ3n) is 9.72. The lowest BCUT2D eigenvalue weighted by atomic mass is 9.57. The van der Waals surface area contributed by atoms with Crippen LogP contribution in [0.4, 0.5) is 4.79 Å². The van der Waals surface area contributed by atoms with Crippen molar-refractivity contribution in [1.29, 1.82) is 0 Å². The summed E-state index contributed by atoms with van der Waals surface area (Å²) < 4.78 is 5.58. The summed E-state index contributed by atoms with van der Waals surface area (Å²) in [4.78, 5) is 28.9. The number of carbonyl (C=O) groups is 1. The molecule has 3 saturated carbocycles. The molecule has 7 nitrogen and oxygen atoms in total. The summed E-state index contributed by atoms with van der Waals surface area (Å²) in [6, 6.07) is 6.72. The number of rotatable bonds is 5. The van der Waals surface area contributed by atoms with Gasteiger partial charge in [0.2, 0.25) is 0 Å². The van der Waals surface area contributed by atoms with Gasteiger partial charge in [-0.25, -0.2) is 9.78 Å². The number of nitrogens with zero attached hydrogens (tertiary/aromatic N) is 3. The lowest BCUT2D eigenvalue weighted by molar-refractivity contribution is -0.0148. The van der Waals surface area contributed by atoms with Crippen molar-refractivity contribution in [3.8, 4) is 11.3 Å². The number of alkyl carbamates (subject to hydrolysis) is 1. The molecule has 0 spiro atoms. The summed E-state index contributed by atoms with van der Waals surface area (Å²) in [5.74, 6) is 0.357. The molecule has 7 rings (SSSR count). The predicted octanol–water partition coefficient (Wildman–Crippen LogP) is 7.34. The first-order valence-corrected chi connectivity index (χ1v) is 15.6. The van der Waals surface area contributed by atoms with E-state index in [2.05, 4.69) is 66.1 Å². The maximum Gasteiger partial charge on any atom is 0.408 e. The Hall–Kier alpha value is -2.93. The molecule has 2 bridgehead atoms. The van der Waals surface area contributed by atoms with Crippen molar-refractivity contribution in [3.63, 3.8) is 0 Å². The smallest absolute Gasteiger partial charge is 0.408 e. The van der Waals surface area contributed by atoms with Crippen LogP contribution in [0.15, 0.2) is 18.2 Å². The van der Waals surface area contributed by atoms with Crippen LogP contribution >= 0.6 is 0 Å². The minimum atomic E-state index is -0.465. The van der Waals surface area contributed by atoms with Gasteiger partial charge in [0.15, 0.2) is 0 Å². The lowest BCUT2D eigenvalue weighted by Gasteiger charge is -2.55. The number of hydrogen-bond donors (Lipinski definition) is 2. The number of fused-ring (bicyclic) bond motifs is 5. The van der Waals surface area contributed by atoms with Crippen molar-refractivity contribution in [2.45, 2.75) is 117 Å². The van der Waals surface area contributed by atoms with Crippen molar-refractivity contribution in [2.75, 3.05) is 13.1 Å². The molecular weight excluding hydrogens is 510 g/mol. The highest BCUT2D eigenvalue weighted by molar-refractivity contribution is 5.89. The molecule has 7 heteroatoms. The van der Waals surface area contributed by atoms with Crippen LogP contribution < -0.4 is 5.32 Å². The SMILES string of the molecule is Cc1cc(-c2[nH]c3cc4c(nc3c2C(C)C)CN(CC23CCC(NC(=O)OC(C)(C)C)(CC2)CC3)CC4)cc(C)n1. The fraction of sp³-hybridized carbons (Fsp3) is 0.618. The van der Waals surface area contributed by atoms with Gasteiger partial charge < -0.3 is 15.0 Å². The van der Waals surface area contributed by atoms with E-state index >= 15 is 0 Å². The summed E-state index contributed by atoms with van der Waals surface area (Å²) >= 11 is 0. The van der Waals surface area contributed by atoms with E-state index in [-0.39, 0.29) is 11.6 Å². The lowest BCUT2D eigenvalue weighted by Crippen LogP contribution is -2.59. The van der Waals surface area contributed by atoms with Gasteiger partial charge in [0.1, 0.15) is 5.60 Å². The number of pyridine rings is 2. The number of aryl methyl sites for hydroxylation is 2. The molecule has 3 aromatic heterocycles. The number of nitrogens with one attached hydrogen (secondary N) is 2. The van der Waals surface area contributed by atoms with Crippen molar-refractivity contribution in [3.05, 3.63) is 46.4 Å². The second-order valence-corrected chi connectivity index (χ2v) is 14.6. The van der Waals surface area contributed by atoms with Gasteiger partial charge in [-0.15, -0.1) is 0 Å². The molecule has 4 aliphatic rings. The van der Waals surface area contributed by atoms with Crippen LogP contribution in [-0.4, -0.2) is 50.2 Å². The molecule has 0 radical (unpaired) electrons. The molecule has 0 saturated heterocycles. The number of aromatic amines is 1. The third-order valence-corrected chi connectivity index (χ3v) is 9.72. The second kappa shape index (κ2) is 10.1. The number of H-pyrrole nitrogens is 1. The Bertz CT molecular complexity index is 1440. The molecule has 1 amide bonds. The summed E-state index contributed by atoms with van der Waals surface area (Å²) in [6.07, 6.45) is 7.43. The molecule has 1 aliphatic heterocycles. The first kappa shape index (κ1) is 28.2. The van der Waals surface area contributed by atoms with Gasteiger partial charge in [-0.2, -0.15) is 0 Å². The van der Waals surface area contributed by atoms with Gasteiger partial charge in [-0.05, 0) is 115 Å². The number of ether oxygens (including phenoxy) is 1. The fourth-order valence-electron chi connectivity index (χ4n) is 7.72. The topological polar surface area (TPSA) is 83.1 Å². The number of amides is 1. The fourth-order valence-corrected chi connectivity index (χ4v) is 7.72. The van der Waals surface area contributed by atoms with E-state index in [4.69, 9.17) is 9.72 Å². The summed E-state index contributed by atoms with van der Waals surface area (Å²) in [7, 11) is 0. The Kier molecular flexibility index (Phi) is 6.95. The summed E-state index contributed by atoms with van der Waals surface area (Å²) in [5, 5.41) is 3.27. The largest absolute Gasteiger partial charge is 0.444 e. The molecule has 0 aromatic carbocycles. The zero-order valence-corrected chi connectivity index (χ0v) is 26.0. The van der Waals surface area contributed by atoms with E-state index in [1.165, 1.54) is 47.3 Å². The Morgan fingerprint density at radius 3 is 2.32 bits per heavy atom. The highest BCUT2D eigenvalue weighted by Gasteiger charge is 2.50. The van der Waals surface area contributed by atoms with Gasteiger partial charge in [0.25, 0.3) is 0 Å². The molecule has 2 N–H and O–H groups in total. The molecule has 0 atom stereocenters. The van der Waals surface area contributed by atoms with E-state index in [0.717, 1.165) is 67.7 Å². The van der Waals surface area contributed by atoms with E-state index in [1.807, 2.05) is 20.8 Å². The molecule has 4 heterocycles. The summed E-state index contributed by atoms with van der Waals surface area (Å²) in [5.41, 5.74) is 10.4. The molecular formula is C34H47N5O2. The second-order valence-electron chi connectivity index (χ2n) is 14.6. The Morgan fingerprint density at radius 2 is 1.71 bits per heavy atom. The van der Waals surface area contributed by atoms with Crippen LogP contribution in [0.1, 0.15) is 107 Å². The molecule has 220 valence electrons. The zero-order chi connectivity index (χ0) is 29.2. The van der Waals surface area contributed by atoms with Gasteiger partial charge >= 0.3 is 6.09 Å². The minimum Gasteiger partial charge on any atom is -0.444 e. The minimum absolute atomic E-state index is 0.0864. The Morgan fingerprint density at radius 1 is 1.05 bits per heavy atom. The van der Waals surface area contributed by atoms with E-state index in [9.17, 15) is 4.79 Å². The van der Waals surface area contributed by atoms with Crippen molar-refractivity contribution >= 4 is 17.1 Å². The van der Waals surface area contributed by atoms with E-state index in [0.29, 0.717) is 11.3 Å². The van der Waals surface area contributed by atoms with Crippen molar-refractivity contribution in [1.82, 2.24) is 25.2 Å². The normalized spacial score (nSPS) is 24.6. The molecule has 3 aromatic rings. The van der Waals surface area contributed by atoms with Crippen LogP contribution in [0, 0.1) is 19.3 Å². The first-order chi connectivity index (χ1) is 19.3. The molecule has 0 unspecified atom stereocenters. The van der Waals surface area contributed by atoms with Gasteiger partial charge in [-0.1, -0.05) is 13.8 Å². The van der Waals surface area contributed by atoms with Crippen molar-refractivity contribution in [2.24, 2.45) is 5.41 Å². The van der Waals surface area contributed by atoms with E-state index < -0.39 is 5.60 Å². The highest BCUT2D eigenvalue weighted by atomic mass is 16.6. The number of carbonyl (C=O) groups excluding carboxylic acids is 1. The van der Waals surface area contributed by atoms with Crippen LogP contribution in [0.25, 0.3) is 22.3 Å². The van der Waals surface area contributed by atoms with Crippen molar-refractivity contribution < 1.29 is 9.53 Å². The number of aromatic nitrogens is 3. The third kappa shape index (κ3) is 5.62. The highest BCUT2D eigenvalue weighted by Crippen LogP contribution is 2.53. The predicted molar refractivity (Wildman–Crippen MR) is 164 cm³/mol. The quantitative estimate of drug-likeness (QED) is 0.343. The Labute approximate surface area is 244 Å². The maximum atomic E-state index is 12.5. The first-order valence-electron chi connectivity index (χ1n) is 15.6. The van der Waals surface area contributed by atoms with Gasteiger partial charge in [0, 0.05) is 47.7 Å². The average molecular weight is 558 g/mol. The van der Waals surface area contributed by atoms with Gasteiger partial charge in [-0.3, -0.25) is 9.88 Å². The average Bonchev–Trinajstić information content (AvgIpc) is 3.25. The molecule has 41 heavy (non-hydrogen) atoms. The monoisotopic (exact) mass is 557 g/mol. The zero-order valence-electron chi connectivity index (χ0n) is 26.0. The van der Waals surface area contributed by atoms with E-state index in [1.54, 1.807) is 0 Å². The van der Waals surface area contributed by atoms with Crippen LogP contribution in [-0.2, 0) is 17.7 Å². The van der Waals surface area contributed by atoms with Gasteiger partial charge in [0.05, 0.1) is 22.4 Å². The summed E-state index contributed by atoms with van der Waals surface area (Å²) in [6.45, 7) is 17.6. The standard InChI is InChI=1S/C34H47N5O2/c1-21(2)28-29(25-16-22(3)35-23(4)17-25)36-26-18-24-8-15-39(19-27(24)37-30(26)28)20-33-9-12-34(13-10-33,14-11-33)38-31(40)41-32(5,6)7/h16-18,21,36H,8-15,19-20H2,1-7H3,(H,38,40). The maximum absolute atomic E-state index is 12.5. The molecule has 3 fully saturated rings. The van der Waals surface area contributed by atoms with Crippen LogP contribution in [0.3, 0.4) is 0 Å². The van der Waals surface area contributed by atoms with Crippen LogP contribution in [0.2, 0.25) is 0 Å². The number of hydrogen-bond acceptors (Lipinski definition) is 5. The molecule has 3 aliphatic carbocycles. The Balaban J connectivity index is 1.19. The van der Waals surface area contributed by atoms with Crippen LogP contribution in [0.5, 0.6) is 0 Å².